The van der Waals surface area contributed by atoms with Crippen LogP contribution in [0.3, 0.4) is 0 Å². The Morgan fingerprint density at radius 1 is 1.37 bits per heavy atom. The molecule has 1 unspecified atom stereocenters. The van der Waals surface area contributed by atoms with Gasteiger partial charge >= 0.3 is 0 Å². The van der Waals surface area contributed by atoms with Crippen molar-refractivity contribution in [2.45, 2.75) is 31.3 Å². The molecule has 1 aromatic rings. The molecule has 0 saturated carbocycles. The lowest BCUT2D eigenvalue weighted by atomic mass is 10.1. The van der Waals surface area contributed by atoms with Crippen molar-refractivity contribution in [2.24, 2.45) is 4.99 Å². The average Bonchev–Trinajstić information content (AvgIpc) is 3.32. The number of thiophene rings is 1. The van der Waals surface area contributed by atoms with E-state index in [2.05, 4.69) is 21.7 Å². The Morgan fingerprint density at radius 2 is 2.19 bits per heavy atom. The molecule has 0 radical (unpaired) electrons. The summed E-state index contributed by atoms with van der Waals surface area (Å²) in [6.45, 7) is 3.19. The SMILES string of the molecule is CN(C)C(=O)CN=C(NCc1cccs1)NCC1COC2(CCOCC2)O1. The predicted octanol–water partition coefficient (Wildman–Crippen LogP) is 0.794. The lowest BCUT2D eigenvalue weighted by Gasteiger charge is -2.31. The summed E-state index contributed by atoms with van der Waals surface area (Å²) >= 11 is 1.68. The monoisotopic (exact) mass is 396 g/mol. The lowest BCUT2D eigenvalue weighted by Crippen LogP contribution is -2.43. The second kappa shape index (κ2) is 9.50. The number of hydrogen-bond acceptors (Lipinski definition) is 6. The number of amides is 1. The molecule has 8 nitrogen and oxygen atoms in total. The van der Waals surface area contributed by atoms with Crippen LogP contribution in [0.1, 0.15) is 17.7 Å². The molecule has 27 heavy (non-hydrogen) atoms. The van der Waals surface area contributed by atoms with Gasteiger partial charge in [0, 0.05) is 38.4 Å². The van der Waals surface area contributed by atoms with Crippen molar-refractivity contribution in [1.82, 2.24) is 15.5 Å². The van der Waals surface area contributed by atoms with Crippen molar-refractivity contribution in [3.05, 3.63) is 22.4 Å². The molecule has 2 aliphatic rings. The lowest BCUT2D eigenvalue weighted by molar-refractivity contribution is -0.210. The molecule has 1 aromatic heterocycles. The van der Waals surface area contributed by atoms with E-state index in [4.69, 9.17) is 14.2 Å². The van der Waals surface area contributed by atoms with E-state index in [0.717, 1.165) is 12.8 Å². The average molecular weight is 397 g/mol. The van der Waals surface area contributed by atoms with Crippen molar-refractivity contribution < 1.29 is 19.0 Å². The molecule has 2 fully saturated rings. The van der Waals surface area contributed by atoms with Gasteiger partial charge in [-0.1, -0.05) is 6.07 Å². The third kappa shape index (κ3) is 5.90. The highest BCUT2D eigenvalue weighted by atomic mass is 32.1. The number of likely N-dealkylation sites (N-methyl/N-ethyl adjacent to an activating group) is 1. The van der Waals surface area contributed by atoms with Gasteiger partial charge in [0.15, 0.2) is 11.7 Å². The van der Waals surface area contributed by atoms with E-state index in [9.17, 15) is 4.79 Å². The Hall–Kier alpha value is -1.68. The van der Waals surface area contributed by atoms with E-state index in [1.165, 1.54) is 9.78 Å². The number of carbonyl (C=O) groups excluding carboxylic acids is 1. The zero-order valence-electron chi connectivity index (χ0n) is 15.9. The first-order valence-electron chi connectivity index (χ1n) is 9.20. The number of nitrogens with one attached hydrogen (secondary N) is 2. The Bertz CT molecular complexity index is 629. The highest BCUT2D eigenvalue weighted by molar-refractivity contribution is 7.09. The van der Waals surface area contributed by atoms with Crippen LogP contribution < -0.4 is 10.6 Å². The highest BCUT2D eigenvalue weighted by Gasteiger charge is 2.42. The Balaban J connectivity index is 1.52. The van der Waals surface area contributed by atoms with Gasteiger partial charge in [-0.2, -0.15) is 0 Å². The van der Waals surface area contributed by atoms with Crippen molar-refractivity contribution in [2.75, 3.05) is 47.0 Å². The van der Waals surface area contributed by atoms with Crippen molar-refractivity contribution in [3.63, 3.8) is 0 Å². The standard InChI is InChI=1S/C18H28N4O4S/c1-22(2)16(23)12-21-17(20-11-15-4-3-9-27-15)19-10-14-13-25-18(26-14)5-7-24-8-6-18/h3-4,9,14H,5-8,10-13H2,1-2H3,(H2,19,20,21). The van der Waals surface area contributed by atoms with Crippen molar-refractivity contribution in [3.8, 4) is 0 Å². The Morgan fingerprint density at radius 3 is 2.89 bits per heavy atom. The fraction of sp³-hybridized carbons (Fsp3) is 0.667. The van der Waals surface area contributed by atoms with Crippen LogP contribution in [0.15, 0.2) is 22.5 Å². The first-order valence-corrected chi connectivity index (χ1v) is 10.1. The van der Waals surface area contributed by atoms with Crippen LogP contribution in [0.25, 0.3) is 0 Å². The van der Waals surface area contributed by atoms with Crippen LogP contribution in [-0.2, 0) is 25.5 Å². The summed E-state index contributed by atoms with van der Waals surface area (Å²) in [5.74, 6) is 0.0525. The smallest absolute Gasteiger partial charge is 0.243 e. The maximum absolute atomic E-state index is 11.9. The quantitative estimate of drug-likeness (QED) is 0.546. The maximum atomic E-state index is 11.9. The number of ether oxygens (including phenoxy) is 3. The topological polar surface area (TPSA) is 84.4 Å². The molecule has 1 spiro atoms. The third-order valence-electron chi connectivity index (χ3n) is 4.55. The van der Waals surface area contributed by atoms with Crippen LogP contribution in [0.5, 0.6) is 0 Å². The van der Waals surface area contributed by atoms with Crippen LogP contribution in [0, 0.1) is 0 Å². The van der Waals surface area contributed by atoms with Crippen molar-refractivity contribution >= 4 is 23.2 Å². The van der Waals surface area contributed by atoms with Gasteiger partial charge in [0.25, 0.3) is 0 Å². The number of hydrogen-bond donors (Lipinski definition) is 2. The number of rotatable bonds is 6. The molecule has 2 saturated heterocycles. The zero-order chi connectivity index (χ0) is 19.1. The minimum Gasteiger partial charge on any atom is -0.381 e. The molecule has 2 aliphatic heterocycles. The van der Waals surface area contributed by atoms with E-state index in [0.29, 0.717) is 38.9 Å². The molecule has 1 atom stereocenters. The fourth-order valence-corrected chi connectivity index (χ4v) is 3.56. The maximum Gasteiger partial charge on any atom is 0.243 e. The fourth-order valence-electron chi connectivity index (χ4n) is 2.92. The van der Waals surface area contributed by atoms with Crippen LogP contribution >= 0.6 is 11.3 Å². The van der Waals surface area contributed by atoms with E-state index >= 15 is 0 Å². The largest absolute Gasteiger partial charge is 0.381 e. The van der Waals surface area contributed by atoms with Crippen LogP contribution in [0.2, 0.25) is 0 Å². The highest BCUT2D eigenvalue weighted by Crippen LogP contribution is 2.32. The van der Waals surface area contributed by atoms with Gasteiger partial charge in [0.1, 0.15) is 12.6 Å². The summed E-state index contributed by atoms with van der Waals surface area (Å²) in [4.78, 5) is 19.0. The summed E-state index contributed by atoms with van der Waals surface area (Å²) < 4.78 is 17.4. The van der Waals surface area contributed by atoms with Crippen LogP contribution in [-0.4, -0.2) is 75.7 Å². The minimum atomic E-state index is -0.493. The molecule has 1 amide bonds. The van der Waals surface area contributed by atoms with Gasteiger partial charge in [-0.3, -0.25) is 4.79 Å². The van der Waals surface area contributed by atoms with E-state index < -0.39 is 5.79 Å². The molecule has 9 heteroatoms. The normalized spacial score (nSPS) is 22.0. The summed E-state index contributed by atoms with van der Waals surface area (Å²) in [5.41, 5.74) is 0. The van der Waals surface area contributed by atoms with Crippen molar-refractivity contribution in [1.29, 1.82) is 0 Å². The molecule has 0 bridgehead atoms. The van der Waals surface area contributed by atoms with Gasteiger partial charge < -0.3 is 29.7 Å². The third-order valence-corrected chi connectivity index (χ3v) is 5.42. The van der Waals surface area contributed by atoms with Gasteiger partial charge in [0.2, 0.25) is 5.91 Å². The molecule has 0 aliphatic carbocycles. The number of carbonyl (C=O) groups is 1. The summed E-state index contributed by atoms with van der Waals surface area (Å²) in [6.07, 6.45) is 1.47. The zero-order valence-corrected chi connectivity index (χ0v) is 16.7. The van der Waals surface area contributed by atoms with Gasteiger partial charge in [-0.25, -0.2) is 4.99 Å². The number of aliphatic imine (C=N–C) groups is 1. The second-order valence-corrected chi connectivity index (χ2v) is 7.87. The van der Waals surface area contributed by atoms with Gasteiger partial charge in [-0.05, 0) is 11.4 Å². The molecular weight excluding hydrogens is 368 g/mol. The minimum absolute atomic E-state index is 0.0474. The number of nitrogens with zero attached hydrogens (tertiary/aromatic N) is 2. The second-order valence-electron chi connectivity index (χ2n) is 6.84. The first-order chi connectivity index (χ1) is 13.1. The summed E-state index contributed by atoms with van der Waals surface area (Å²) in [7, 11) is 3.45. The molecule has 2 N–H and O–H groups in total. The molecule has 0 aromatic carbocycles. The molecule has 150 valence electrons. The Labute approximate surface area is 163 Å². The number of guanidine groups is 1. The van der Waals surface area contributed by atoms with E-state index in [-0.39, 0.29) is 18.6 Å². The van der Waals surface area contributed by atoms with E-state index in [1.54, 1.807) is 25.4 Å². The molecular formula is C18H28N4O4S. The van der Waals surface area contributed by atoms with E-state index in [1.807, 2.05) is 11.4 Å². The van der Waals surface area contributed by atoms with Gasteiger partial charge in [0.05, 0.1) is 26.4 Å². The molecule has 3 rings (SSSR count). The summed E-state index contributed by atoms with van der Waals surface area (Å²) in [6, 6.07) is 4.07. The van der Waals surface area contributed by atoms with Gasteiger partial charge in [-0.15, -0.1) is 11.3 Å². The van der Waals surface area contributed by atoms with Crippen LogP contribution in [0.4, 0.5) is 0 Å². The Kier molecular flexibility index (Phi) is 7.06. The predicted molar refractivity (Wildman–Crippen MR) is 104 cm³/mol. The first kappa shape index (κ1) is 20.1. The molecule has 3 heterocycles. The summed E-state index contributed by atoms with van der Waals surface area (Å²) in [5, 5.41) is 8.59.